The summed E-state index contributed by atoms with van der Waals surface area (Å²) in [6.45, 7) is 0.0640. The van der Waals surface area contributed by atoms with Crippen LogP contribution in [0.25, 0.3) is 0 Å². The molecule has 2 bridgehead atoms. The summed E-state index contributed by atoms with van der Waals surface area (Å²) in [5, 5.41) is 11.8. The highest BCUT2D eigenvalue weighted by Gasteiger charge is 2.49. The number of tetrazole rings is 1. The summed E-state index contributed by atoms with van der Waals surface area (Å²) in [7, 11) is -4.88. The molecule has 0 spiro atoms. The number of nitrogens with one attached hydrogen (secondary N) is 2. The lowest BCUT2D eigenvalue weighted by molar-refractivity contribution is -0.132. The Labute approximate surface area is 164 Å². The number of aromatic nitrogens is 4. The van der Waals surface area contributed by atoms with Crippen molar-refractivity contribution in [1.82, 2.24) is 41.0 Å². The van der Waals surface area contributed by atoms with Crippen LogP contribution in [0, 0.1) is 0 Å². The molecule has 16 nitrogen and oxygen atoms in total. The molecule has 0 unspecified atom stereocenters. The van der Waals surface area contributed by atoms with Crippen LogP contribution in [0.5, 0.6) is 0 Å². The summed E-state index contributed by atoms with van der Waals surface area (Å²) in [6.07, 6.45) is 0.871. The summed E-state index contributed by atoms with van der Waals surface area (Å²) >= 11 is 0. The van der Waals surface area contributed by atoms with Gasteiger partial charge in [-0.2, -0.15) is 18.3 Å². The number of urea groups is 1. The molecule has 2 aliphatic rings. The minimum absolute atomic E-state index is 0.0349. The molecule has 0 saturated carbocycles. The average Bonchev–Trinajstić information content (AvgIpc) is 3.17. The molecule has 4 amide bonds. The van der Waals surface area contributed by atoms with Crippen molar-refractivity contribution < 1.29 is 31.6 Å². The third kappa shape index (κ3) is 4.94. The zero-order valence-electron chi connectivity index (χ0n) is 15.0. The van der Waals surface area contributed by atoms with Gasteiger partial charge >= 0.3 is 16.4 Å². The van der Waals surface area contributed by atoms with Crippen LogP contribution in [-0.2, 0) is 37.2 Å². The SMILES string of the molecule is NCCc1nnn(CC(=O)NNC(=O)[C@@H]2CC[C@@H]3CN2C(=O)N3OS(=O)(=O)O)n1. The van der Waals surface area contributed by atoms with E-state index in [0.29, 0.717) is 23.9 Å². The molecule has 17 heteroatoms. The van der Waals surface area contributed by atoms with Gasteiger partial charge in [-0.25, -0.2) is 4.79 Å². The molecule has 0 aliphatic carbocycles. The van der Waals surface area contributed by atoms with E-state index in [0.717, 1.165) is 9.70 Å². The van der Waals surface area contributed by atoms with Crippen molar-refractivity contribution >= 4 is 28.2 Å². The monoisotopic (exact) mass is 433 g/mol. The summed E-state index contributed by atoms with van der Waals surface area (Å²) < 4.78 is 34.8. The van der Waals surface area contributed by atoms with Gasteiger partial charge in [-0.15, -0.1) is 14.5 Å². The molecule has 160 valence electrons. The summed E-state index contributed by atoms with van der Waals surface area (Å²) in [4.78, 5) is 38.7. The Bertz CT molecular complexity index is 903. The standard InChI is InChI=1S/C12H19N9O7S/c13-4-3-9-14-18-20(17-9)6-10(22)15-16-11(23)8-2-1-7-5-19(8)12(24)21(7)28-29(25,26)27/h7-8H,1-6,13H2,(H,15,22)(H,16,23)(H,25,26,27)/t7-,8+/m1/s1. The molecule has 2 aliphatic heterocycles. The molecule has 3 heterocycles. The van der Waals surface area contributed by atoms with E-state index >= 15 is 0 Å². The maximum absolute atomic E-state index is 12.4. The van der Waals surface area contributed by atoms with Crippen molar-refractivity contribution in [2.45, 2.75) is 37.9 Å². The van der Waals surface area contributed by atoms with Crippen molar-refractivity contribution in [3.63, 3.8) is 0 Å². The fourth-order valence-electron chi connectivity index (χ4n) is 3.06. The number of carbonyl (C=O) groups is 3. The van der Waals surface area contributed by atoms with Crippen molar-refractivity contribution in [3.8, 4) is 0 Å². The van der Waals surface area contributed by atoms with Gasteiger partial charge in [0.2, 0.25) is 0 Å². The molecule has 2 atom stereocenters. The minimum Gasteiger partial charge on any atom is -0.330 e. The predicted octanol–water partition coefficient (Wildman–Crippen LogP) is -3.68. The second-order valence-electron chi connectivity index (χ2n) is 6.32. The zero-order valence-corrected chi connectivity index (χ0v) is 15.8. The third-order valence-corrected chi connectivity index (χ3v) is 4.62. The molecule has 0 radical (unpaired) electrons. The van der Waals surface area contributed by atoms with Gasteiger partial charge in [-0.3, -0.25) is 25.0 Å². The smallest absolute Gasteiger partial charge is 0.330 e. The Balaban J connectivity index is 1.52. The average molecular weight is 433 g/mol. The largest absolute Gasteiger partial charge is 0.418 e. The molecule has 29 heavy (non-hydrogen) atoms. The van der Waals surface area contributed by atoms with Crippen LogP contribution < -0.4 is 16.6 Å². The van der Waals surface area contributed by atoms with E-state index in [1.165, 1.54) is 0 Å². The van der Waals surface area contributed by atoms with E-state index in [2.05, 4.69) is 30.5 Å². The molecule has 1 aromatic rings. The molecule has 3 rings (SSSR count). The van der Waals surface area contributed by atoms with E-state index in [1.54, 1.807) is 0 Å². The number of hydrazine groups is 1. The van der Waals surface area contributed by atoms with E-state index in [1.807, 2.05) is 0 Å². The maximum Gasteiger partial charge on any atom is 0.418 e. The van der Waals surface area contributed by atoms with Crippen LogP contribution in [0.15, 0.2) is 0 Å². The number of amides is 4. The molecular weight excluding hydrogens is 414 g/mol. The number of rotatable bonds is 7. The van der Waals surface area contributed by atoms with Gasteiger partial charge in [-0.05, 0) is 24.6 Å². The van der Waals surface area contributed by atoms with Gasteiger partial charge in [0, 0.05) is 13.0 Å². The molecule has 1 aromatic heterocycles. The van der Waals surface area contributed by atoms with Gasteiger partial charge in [0.05, 0.1) is 6.04 Å². The number of carbonyl (C=O) groups excluding carboxylic acids is 3. The number of nitrogens with zero attached hydrogens (tertiary/aromatic N) is 6. The lowest BCUT2D eigenvalue weighted by atomic mass is 10.0. The lowest BCUT2D eigenvalue weighted by Crippen LogP contribution is -2.54. The van der Waals surface area contributed by atoms with Crippen molar-refractivity contribution in [1.29, 1.82) is 0 Å². The lowest BCUT2D eigenvalue weighted by Gasteiger charge is -2.29. The van der Waals surface area contributed by atoms with Gasteiger partial charge in [-0.1, -0.05) is 0 Å². The van der Waals surface area contributed by atoms with E-state index in [-0.39, 0.29) is 25.9 Å². The Morgan fingerprint density at radius 3 is 2.76 bits per heavy atom. The normalized spacial score (nSPS) is 21.4. The maximum atomic E-state index is 12.4. The number of piperidine rings is 1. The van der Waals surface area contributed by atoms with Gasteiger partial charge in [0.15, 0.2) is 5.82 Å². The quantitative estimate of drug-likeness (QED) is 0.242. The number of nitrogens with two attached hydrogens (primary N) is 1. The van der Waals surface area contributed by atoms with E-state index < -0.39 is 40.3 Å². The van der Waals surface area contributed by atoms with Crippen LogP contribution >= 0.6 is 0 Å². The highest BCUT2D eigenvalue weighted by Crippen LogP contribution is 2.30. The Kier molecular flexibility index (Phi) is 5.91. The first-order valence-corrected chi connectivity index (χ1v) is 9.86. The fraction of sp³-hybridized carbons (Fsp3) is 0.667. The number of hydrogen-bond donors (Lipinski definition) is 4. The first-order valence-electron chi connectivity index (χ1n) is 8.50. The first-order chi connectivity index (χ1) is 13.7. The van der Waals surface area contributed by atoms with Crippen molar-refractivity contribution in [2.24, 2.45) is 5.73 Å². The number of hydrogen-bond acceptors (Lipinski definition) is 10. The topological polar surface area (TPSA) is 215 Å². The first kappa shape index (κ1) is 20.8. The van der Waals surface area contributed by atoms with Crippen LogP contribution in [0.3, 0.4) is 0 Å². The molecule has 5 N–H and O–H groups in total. The van der Waals surface area contributed by atoms with E-state index in [4.69, 9.17) is 10.3 Å². The molecule has 2 saturated heterocycles. The highest BCUT2D eigenvalue weighted by molar-refractivity contribution is 7.80. The molecule has 2 fully saturated rings. The zero-order chi connectivity index (χ0) is 21.2. The molecular formula is C12H19N9O7S. The van der Waals surface area contributed by atoms with Crippen molar-refractivity contribution in [2.75, 3.05) is 13.1 Å². The van der Waals surface area contributed by atoms with Crippen LogP contribution in [0.4, 0.5) is 4.79 Å². The Hall–Kier alpha value is -2.89. The third-order valence-electron chi connectivity index (χ3n) is 4.27. The van der Waals surface area contributed by atoms with Crippen LogP contribution in [0.2, 0.25) is 0 Å². The Morgan fingerprint density at radius 2 is 2.07 bits per heavy atom. The van der Waals surface area contributed by atoms with Crippen molar-refractivity contribution in [3.05, 3.63) is 5.82 Å². The van der Waals surface area contributed by atoms with Gasteiger partial charge < -0.3 is 10.6 Å². The van der Waals surface area contributed by atoms with E-state index in [9.17, 15) is 22.8 Å². The molecule has 0 aromatic carbocycles. The summed E-state index contributed by atoms with van der Waals surface area (Å²) in [5.74, 6) is -0.924. The second-order valence-corrected chi connectivity index (χ2v) is 7.33. The summed E-state index contributed by atoms with van der Waals surface area (Å²) in [6, 6.07) is -2.45. The van der Waals surface area contributed by atoms with Gasteiger partial charge in [0.25, 0.3) is 11.8 Å². The van der Waals surface area contributed by atoms with Crippen LogP contribution in [0.1, 0.15) is 18.7 Å². The van der Waals surface area contributed by atoms with Gasteiger partial charge in [0.1, 0.15) is 12.6 Å². The Morgan fingerprint density at radius 1 is 1.31 bits per heavy atom. The number of hydroxylamine groups is 2. The summed E-state index contributed by atoms with van der Waals surface area (Å²) in [5.41, 5.74) is 9.76. The number of fused-ring (bicyclic) bond motifs is 2. The second kappa shape index (κ2) is 8.23. The van der Waals surface area contributed by atoms with Crippen LogP contribution in [-0.4, -0.2) is 86.2 Å². The predicted molar refractivity (Wildman–Crippen MR) is 90.2 cm³/mol. The highest BCUT2D eigenvalue weighted by atomic mass is 32.3. The fourth-order valence-corrected chi connectivity index (χ4v) is 3.45. The minimum atomic E-state index is -4.88.